The quantitative estimate of drug-likeness (QED) is 0.490. The normalized spacial score (nSPS) is 13.4. The molecule has 0 aliphatic heterocycles. The zero-order chi connectivity index (χ0) is 23.6. The number of rotatable bonds is 8. The van der Waals surface area contributed by atoms with Gasteiger partial charge < -0.3 is 9.64 Å². The molecule has 3 aromatic rings. The Hall–Kier alpha value is -3.39. The Morgan fingerprint density at radius 1 is 1.03 bits per heavy atom. The summed E-state index contributed by atoms with van der Waals surface area (Å²) in [6.07, 6.45) is 1.75. The Bertz CT molecular complexity index is 1260. The fraction of sp³-hybridized carbons (Fsp3) is 0.240. The first-order valence-electron chi connectivity index (χ1n) is 10.6. The van der Waals surface area contributed by atoms with Crippen LogP contribution in [0.2, 0.25) is 0 Å². The predicted octanol–water partition coefficient (Wildman–Crippen LogP) is 4.46. The lowest BCUT2D eigenvalue weighted by Crippen LogP contribution is -2.33. The first-order valence-corrected chi connectivity index (χ1v) is 12.0. The van der Waals surface area contributed by atoms with Gasteiger partial charge in [-0.05, 0) is 73.0 Å². The maximum Gasteiger partial charge on any atom is 0.264 e. The highest BCUT2D eigenvalue weighted by molar-refractivity contribution is 7.92. The number of hydrogen-bond donors (Lipinski definition) is 0. The highest BCUT2D eigenvalue weighted by Crippen LogP contribution is 2.31. The van der Waals surface area contributed by atoms with E-state index in [9.17, 15) is 17.6 Å². The Kier molecular flexibility index (Phi) is 6.37. The first-order chi connectivity index (χ1) is 15.8. The van der Waals surface area contributed by atoms with Gasteiger partial charge in [0.2, 0.25) is 0 Å². The number of sulfonamides is 1. The van der Waals surface area contributed by atoms with Gasteiger partial charge in [0.15, 0.2) is 0 Å². The van der Waals surface area contributed by atoms with Gasteiger partial charge in [-0.25, -0.2) is 12.8 Å². The molecule has 1 aliphatic rings. The van der Waals surface area contributed by atoms with Gasteiger partial charge in [-0.3, -0.25) is 9.10 Å². The van der Waals surface area contributed by atoms with E-state index in [4.69, 9.17) is 4.74 Å². The topological polar surface area (TPSA) is 66.9 Å². The lowest BCUT2D eigenvalue weighted by atomic mass is 10.1. The van der Waals surface area contributed by atoms with Crippen molar-refractivity contribution in [2.24, 2.45) is 0 Å². The van der Waals surface area contributed by atoms with Crippen molar-refractivity contribution in [2.45, 2.75) is 30.3 Å². The van der Waals surface area contributed by atoms with Gasteiger partial charge in [-0.2, -0.15) is 0 Å². The zero-order valence-electron chi connectivity index (χ0n) is 18.4. The average Bonchev–Trinajstić information content (AvgIpc) is 3.67. The largest absolute Gasteiger partial charge is 0.497 e. The number of methoxy groups -OCH3 is 1. The van der Waals surface area contributed by atoms with Crippen molar-refractivity contribution in [2.75, 3.05) is 18.5 Å². The summed E-state index contributed by atoms with van der Waals surface area (Å²) in [5.41, 5.74) is 1.44. The molecule has 0 atom stereocenters. The van der Waals surface area contributed by atoms with Crippen molar-refractivity contribution in [1.29, 1.82) is 0 Å². The maximum absolute atomic E-state index is 13.6. The van der Waals surface area contributed by atoms with E-state index in [1.165, 1.54) is 42.7 Å². The van der Waals surface area contributed by atoms with Gasteiger partial charge in [0.1, 0.15) is 11.6 Å². The minimum absolute atomic E-state index is 0.0215. The molecule has 172 valence electrons. The molecule has 0 heterocycles. The molecule has 1 aliphatic carbocycles. The lowest BCUT2D eigenvalue weighted by molar-refractivity contribution is 0.0729. The van der Waals surface area contributed by atoms with Crippen LogP contribution < -0.4 is 9.04 Å². The van der Waals surface area contributed by atoms with E-state index in [0.717, 1.165) is 12.8 Å². The molecule has 1 amide bonds. The second-order valence-electron chi connectivity index (χ2n) is 7.99. The van der Waals surface area contributed by atoms with Crippen LogP contribution in [-0.2, 0) is 16.6 Å². The fourth-order valence-corrected chi connectivity index (χ4v) is 4.87. The van der Waals surface area contributed by atoms with Gasteiger partial charge in [-0.15, -0.1) is 0 Å². The monoisotopic (exact) mass is 468 g/mol. The number of ether oxygens (including phenoxy) is 1. The van der Waals surface area contributed by atoms with E-state index in [0.29, 0.717) is 17.0 Å². The number of carbonyl (C=O) groups is 1. The molecule has 6 nitrogen and oxygen atoms in total. The number of hydrogen-bond acceptors (Lipinski definition) is 4. The van der Waals surface area contributed by atoms with Crippen LogP contribution in [0.5, 0.6) is 5.75 Å². The summed E-state index contributed by atoms with van der Waals surface area (Å²) in [5.74, 6) is -0.00752. The molecule has 8 heteroatoms. The summed E-state index contributed by atoms with van der Waals surface area (Å²) in [5, 5.41) is 0. The second-order valence-corrected chi connectivity index (χ2v) is 9.96. The molecule has 0 saturated heterocycles. The van der Waals surface area contributed by atoms with Crippen molar-refractivity contribution in [3.8, 4) is 5.75 Å². The van der Waals surface area contributed by atoms with Gasteiger partial charge in [0, 0.05) is 25.2 Å². The number of amides is 1. The van der Waals surface area contributed by atoms with Crippen molar-refractivity contribution >= 4 is 21.6 Å². The highest BCUT2D eigenvalue weighted by Gasteiger charge is 2.33. The van der Waals surface area contributed by atoms with Crippen LogP contribution >= 0.6 is 0 Å². The third kappa shape index (κ3) is 5.01. The van der Waals surface area contributed by atoms with E-state index < -0.39 is 10.0 Å². The third-order valence-electron chi connectivity index (χ3n) is 5.67. The molecule has 0 spiro atoms. The Balaban J connectivity index is 1.59. The molecular weight excluding hydrogens is 443 g/mol. The van der Waals surface area contributed by atoms with E-state index in [1.54, 1.807) is 53.4 Å². The standard InChI is InChI=1S/C25H25FN2O4S/c1-27(21-11-13-23(32-2)14-12-21)33(30,31)24-8-4-6-19(16-24)25(29)28(22-9-10-22)17-18-5-3-7-20(26)15-18/h3-8,11-16,22H,9-10,17H2,1-2H3. The van der Waals surface area contributed by atoms with Crippen LogP contribution in [0.1, 0.15) is 28.8 Å². The van der Waals surface area contributed by atoms with Crippen LogP contribution in [0.15, 0.2) is 77.7 Å². The molecule has 3 aromatic carbocycles. The molecule has 1 saturated carbocycles. The molecule has 0 bridgehead atoms. The Labute approximate surface area is 193 Å². The Morgan fingerprint density at radius 2 is 1.73 bits per heavy atom. The molecule has 0 N–H and O–H groups in total. The van der Waals surface area contributed by atoms with Crippen molar-refractivity contribution in [1.82, 2.24) is 4.90 Å². The first kappa shape index (κ1) is 22.8. The average molecular weight is 469 g/mol. The number of halogens is 1. The lowest BCUT2D eigenvalue weighted by Gasteiger charge is -2.24. The number of anilines is 1. The van der Waals surface area contributed by atoms with E-state index >= 15 is 0 Å². The number of benzene rings is 3. The number of nitrogens with zero attached hydrogens (tertiary/aromatic N) is 2. The molecule has 4 rings (SSSR count). The van der Waals surface area contributed by atoms with Crippen molar-refractivity contribution in [3.63, 3.8) is 0 Å². The minimum Gasteiger partial charge on any atom is -0.497 e. The Morgan fingerprint density at radius 3 is 2.36 bits per heavy atom. The van der Waals surface area contributed by atoms with Crippen LogP contribution in [0, 0.1) is 5.82 Å². The van der Waals surface area contributed by atoms with Crippen LogP contribution in [0.3, 0.4) is 0 Å². The smallest absolute Gasteiger partial charge is 0.264 e. The maximum atomic E-state index is 13.6. The third-order valence-corrected chi connectivity index (χ3v) is 7.45. The van der Waals surface area contributed by atoms with Gasteiger partial charge in [0.05, 0.1) is 17.7 Å². The summed E-state index contributed by atoms with van der Waals surface area (Å²) in [6.45, 7) is 0.268. The van der Waals surface area contributed by atoms with Gasteiger partial charge in [0.25, 0.3) is 15.9 Å². The van der Waals surface area contributed by atoms with Gasteiger partial charge in [-0.1, -0.05) is 18.2 Å². The molecule has 1 fully saturated rings. The molecule has 0 unspecified atom stereocenters. The summed E-state index contributed by atoms with van der Waals surface area (Å²) in [6, 6.07) is 18.9. The predicted molar refractivity (Wildman–Crippen MR) is 124 cm³/mol. The molecule has 0 aromatic heterocycles. The highest BCUT2D eigenvalue weighted by atomic mass is 32.2. The molecule has 0 radical (unpaired) electrons. The summed E-state index contributed by atoms with van der Waals surface area (Å²) < 4.78 is 46.4. The van der Waals surface area contributed by atoms with E-state index in [2.05, 4.69) is 0 Å². The van der Waals surface area contributed by atoms with Crippen molar-refractivity contribution in [3.05, 3.63) is 89.7 Å². The van der Waals surface area contributed by atoms with Crippen LogP contribution in [-0.4, -0.2) is 39.4 Å². The minimum atomic E-state index is -3.89. The molecule has 33 heavy (non-hydrogen) atoms. The number of carbonyl (C=O) groups excluding carboxylic acids is 1. The second kappa shape index (κ2) is 9.23. The zero-order valence-corrected chi connectivity index (χ0v) is 19.3. The van der Waals surface area contributed by atoms with E-state index in [-0.39, 0.29) is 34.8 Å². The summed E-state index contributed by atoms with van der Waals surface area (Å²) >= 11 is 0. The molecular formula is C25H25FN2O4S. The fourth-order valence-electron chi connectivity index (χ4n) is 3.63. The summed E-state index contributed by atoms with van der Waals surface area (Å²) in [7, 11) is -0.887. The van der Waals surface area contributed by atoms with Crippen LogP contribution in [0.4, 0.5) is 10.1 Å². The SMILES string of the molecule is COc1ccc(N(C)S(=O)(=O)c2cccc(C(=O)N(Cc3cccc(F)c3)C3CC3)c2)cc1. The van der Waals surface area contributed by atoms with E-state index in [1.807, 2.05) is 0 Å². The van der Waals surface area contributed by atoms with Crippen molar-refractivity contribution < 1.29 is 22.3 Å². The van der Waals surface area contributed by atoms with Crippen LogP contribution in [0.25, 0.3) is 0 Å². The summed E-state index contributed by atoms with van der Waals surface area (Å²) in [4.78, 5) is 15.0. The van der Waals surface area contributed by atoms with Gasteiger partial charge >= 0.3 is 0 Å².